The molecule has 0 saturated carbocycles. The van der Waals surface area contributed by atoms with Crippen molar-refractivity contribution in [3.8, 4) is 5.75 Å². The van der Waals surface area contributed by atoms with Crippen molar-refractivity contribution in [3.63, 3.8) is 0 Å². The van der Waals surface area contributed by atoms with Gasteiger partial charge in [-0.2, -0.15) is 0 Å². The fourth-order valence-electron chi connectivity index (χ4n) is 2.40. The molecule has 0 saturated heterocycles. The summed E-state index contributed by atoms with van der Waals surface area (Å²) in [6.45, 7) is 2.06. The first kappa shape index (κ1) is 15.4. The van der Waals surface area contributed by atoms with E-state index >= 15 is 0 Å². The lowest BCUT2D eigenvalue weighted by Crippen LogP contribution is -2.41. The number of aryl methyl sites for hydroxylation is 1. The SMILES string of the molecule is Cc1ccc2c(c1)N(CC(=O)Nc1ccc(Cl)cc1)CC(=O)O2. The normalized spacial score (nSPS) is 13.3. The van der Waals surface area contributed by atoms with Crippen molar-refractivity contribution < 1.29 is 14.3 Å². The van der Waals surface area contributed by atoms with Crippen LogP contribution in [0.4, 0.5) is 11.4 Å². The number of halogens is 1. The number of carbonyl (C=O) groups excluding carboxylic acids is 2. The van der Waals surface area contributed by atoms with Crippen molar-refractivity contribution in [2.45, 2.75) is 6.92 Å². The molecule has 1 aliphatic rings. The highest BCUT2D eigenvalue weighted by Crippen LogP contribution is 2.32. The number of esters is 1. The average molecular weight is 331 g/mol. The van der Waals surface area contributed by atoms with Crippen LogP contribution < -0.4 is 15.0 Å². The van der Waals surface area contributed by atoms with E-state index in [0.717, 1.165) is 11.3 Å². The quantitative estimate of drug-likeness (QED) is 0.694. The van der Waals surface area contributed by atoms with Crippen LogP contribution in [-0.2, 0) is 9.59 Å². The molecule has 0 atom stereocenters. The van der Waals surface area contributed by atoms with Crippen LogP contribution in [0.15, 0.2) is 42.5 Å². The predicted molar refractivity (Wildman–Crippen MR) is 89.1 cm³/mol. The zero-order chi connectivity index (χ0) is 16.4. The highest BCUT2D eigenvalue weighted by atomic mass is 35.5. The molecule has 1 heterocycles. The summed E-state index contributed by atoms with van der Waals surface area (Å²) in [5, 5.41) is 3.39. The van der Waals surface area contributed by atoms with Gasteiger partial charge in [-0.25, -0.2) is 4.79 Å². The minimum Gasteiger partial charge on any atom is -0.423 e. The van der Waals surface area contributed by atoms with Gasteiger partial charge in [-0.3, -0.25) is 4.79 Å². The molecule has 1 amide bonds. The molecular weight excluding hydrogens is 316 g/mol. The van der Waals surface area contributed by atoms with Gasteiger partial charge < -0.3 is 15.0 Å². The van der Waals surface area contributed by atoms with Crippen molar-refractivity contribution in [1.29, 1.82) is 0 Å². The summed E-state index contributed by atoms with van der Waals surface area (Å²) in [5.41, 5.74) is 2.43. The number of hydrogen-bond donors (Lipinski definition) is 1. The number of carbonyl (C=O) groups is 2. The number of anilines is 2. The van der Waals surface area contributed by atoms with E-state index in [4.69, 9.17) is 16.3 Å². The van der Waals surface area contributed by atoms with Crippen LogP contribution in [0.25, 0.3) is 0 Å². The molecular formula is C17H15ClN2O3. The standard InChI is InChI=1S/C17H15ClN2O3/c1-11-2-7-15-14(8-11)20(10-17(22)23-15)9-16(21)19-13-5-3-12(18)4-6-13/h2-8H,9-10H2,1H3,(H,19,21). The number of amides is 1. The summed E-state index contributed by atoms with van der Waals surface area (Å²) in [5.74, 6) is -0.110. The molecule has 0 radical (unpaired) electrons. The third-order valence-electron chi connectivity index (χ3n) is 3.46. The minimum atomic E-state index is -0.374. The van der Waals surface area contributed by atoms with E-state index in [0.29, 0.717) is 16.5 Å². The Morgan fingerprint density at radius 2 is 2.00 bits per heavy atom. The molecule has 2 aromatic carbocycles. The van der Waals surface area contributed by atoms with Crippen LogP contribution in [-0.4, -0.2) is 25.0 Å². The van der Waals surface area contributed by atoms with Crippen LogP contribution in [0.2, 0.25) is 5.02 Å². The molecule has 5 nitrogen and oxygen atoms in total. The van der Waals surface area contributed by atoms with Gasteiger partial charge in [-0.15, -0.1) is 0 Å². The summed E-state index contributed by atoms with van der Waals surface area (Å²) in [6.07, 6.45) is 0. The molecule has 0 spiro atoms. The molecule has 3 rings (SSSR count). The Balaban J connectivity index is 1.74. The maximum atomic E-state index is 12.2. The smallest absolute Gasteiger partial charge is 0.331 e. The van der Waals surface area contributed by atoms with Crippen LogP contribution >= 0.6 is 11.6 Å². The summed E-state index contributed by atoms with van der Waals surface area (Å²) >= 11 is 5.82. The topological polar surface area (TPSA) is 58.6 Å². The van der Waals surface area contributed by atoms with Gasteiger partial charge in [0.05, 0.1) is 12.2 Å². The number of nitrogens with one attached hydrogen (secondary N) is 1. The fraction of sp³-hybridized carbons (Fsp3) is 0.176. The van der Waals surface area contributed by atoms with Gasteiger partial charge in [0.25, 0.3) is 0 Å². The fourth-order valence-corrected chi connectivity index (χ4v) is 2.53. The molecule has 0 fully saturated rings. The van der Waals surface area contributed by atoms with Gasteiger partial charge in [-0.1, -0.05) is 17.7 Å². The maximum absolute atomic E-state index is 12.2. The minimum absolute atomic E-state index is 0.0461. The van der Waals surface area contributed by atoms with E-state index < -0.39 is 0 Å². The van der Waals surface area contributed by atoms with Crippen LogP contribution in [0.5, 0.6) is 5.75 Å². The van der Waals surface area contributed by atoms with Crippen molar-refractivity contribution in [2.24, 2.45) is 0 Å². The molecule has 0 aromatic heterocycles. The Kier molecular flexibility index (Phi) is 4.21. The largest absolute Gasteiger partial charge is 0.423 e. The van der Waals surface area contributed by atoms with Crippen LogP contribution in [0.1, 0.15) is 5.56 Å². The third-order valence-corrected chi connectivity index (χ3v) is 3.71. The predicted octanol–water partition coefficient (Wildman–Crippen LogP) is 3.01. The molecule has 0 unspecified atom stereocenters. The maximum Gasteiger partial charge on any atom is 0.331 e. The van der Waals surface area contributed by atoms with E-state index in [1.807, 2.05) is 19.1 Å². The Bertz CT molecular complexity index is 759. The highest BCUT2D eigenvalue weighted by Gasteiger charge is 2.25. The van der Waals surface area contributed by atoms with Gasteiger partial charge in [0.1, 0.15) is 6.54 Å². The summed E-state index contributed by atoms with van der Waals surface area (Å²) in [4.78, 5) is 25.6. The molecule has 118 valence electrons. The summed E-state index contributed by atoms with van der Waals surface area (Å²) in [6, 6.07) is 12.4. The molecule has 2 aromatic rings. The van der Waals surface area contributed by atoms with E-state index in [-0.39, 0.29) is 25.0 Å². The van der Waals surface area contributed by atoms with Crippen molar-refractivity contribution in [1.82, 2.24) is 0 Å². The first-order chi connectivity index (χ1) is 11.0. The number of benzene rings is 2. The first-order valence-electron chi connectivity index (χ1n) is 7.13. The van der Waals surface area contributed by atoms with Crippen molar-refractivity contribution in [2.75, 3.05) is 23.3 Å². The van der Waals surface area contributed by atoms with Gasteiger partial charge in [0.2, 0.25) is 5.91 Å². The number of hydrogen-bond acceptors (Lipinski definition) is 4. The second-order valence-corrected chi connectivity index (χ2v) is 5.79. The average Bonchev–Trinajstić information content (AvgIpc) is 2.50. The molecule has 0 aliphatic carbocycles. The Labute approximate surface area is 138 Å². The molecule has 1 N–H and O–H groups in total. The monoisotopic (exact) mass is 330 g/mol. The summed E-state index contributed by atoms with van der Waals surface area (Å²) < 4.78 is 5.20. The second kappa shape index (κ2) is 6.30. The Morgan fingerprint density at radius 1 is 1.26 bits per heavy atom. The lowest BCUT2D eigenvalue weighted by atomic mass is 10.1. The van der Waals surface area contributed by atoms with Crippen LogP contribution in [0.3, 0.4) is 0 Å². The number of nitrogens with zero attached hydrogens (tertiary/aromatic N) is 1. The Hall–Kier alpha value is -2.53. The zero-order valence-corrected chi connectivity index (χ0v) is 13.3. The Morgan fingerprint density at radius 3 is 2.74 bits per heavy atom. The molecule has 0 bridgehead atoms. The van der Waals surface area contributed by atoms with E-state index in [9.17, 15) is 9.59 Å². The van der Waals surface area contributed by atoms with Gasteiger partial charge >= 0.3 is 5.97 Å². The van der Waals surface area contributed by atoms with E-state index in [1.54, 1.807) is 35.2 Å². The van der Waals surface area contributed by atoms with Gasteiger partial charge in [-0.05, 0) is 48.9 Å². The number of rotatable bonds is 3. The number of ether oxygens (including phenoxy) is 1. The van der Waals surface area contributed by atoms with Crippen LogP contribution in [0, 0.1) is 6.92 Å². The van der Waals surface area contributed by atoms with Gasteiger partial charge in [0.15, 0.2) is 5.75 Å². The third kappa shape index (κ3) is 3.63. The lowest BCUT2D eigenvalue weighted by molar-refractivity contribution is -0.133. The first-order valence-corrected chi connectivity index (χ1v) is 7.51. The van der Waals surface area contributed by atoms with E-state index in [2.05, 4.69) is 5.32 Å². The zero-order valence-electron chi connectivity index (χ0n) is 12.5. The van der Waals surface area contributed by atoms with Crippen molar-refractivity contribution >= 4 is 34.9 Å². The molecule has 1 aliphatic heterocycles. The highest BCUT2D eigenvalue weighted by molar-refractivity contribution is 6.30. The molecule has 6 heteroatoms. The summed E-state index contributed by atoms with van der Waals surface area (Å²) in [7, 11) is 0. The lowest BCUT2D eigenvalue weighted by Gasteiger charge is -2.29. The second-order valence-electron chi connectivity index (χ2n) is 5.36. The number of fused-ring (bicyclic) bond motifs is 1. The van der Waals surface area contributed by atoms with E-state index in [1.165, 1.54) is 0 Å². The van der Waals surface area contributed by atoms with Crippen molar-refractivity contribution in [3.05, 3.63) is 53.1 Å². The molecule has 23 heavy (non-hydrogen) atoms. The van der Waals surface area contributed by atoms with Gasteiger partial charge in [0, 0.05) is 10.7 Å².